The van der Waals surface area contributed by atoms with Gasteiger partial charge in [0.25, 0.3) is 0 Å². The Kier molecular flexibility index (Phi) is 7.67. The van der Waals surface area contributed by atoms with Gasteiger partial charge in [0.2, 0.25) is 11.8 Å². The van der Waals surface area contributed by atoms with Gasteiger partial charge in [-0.2, -0.15) is 13.4 Å². The number of rotatable bonds is 8. The Bertz CT molecular complexity index is 914. The van der Waals surface area contributed by atoms with E-state index in [1.807, 2.05) is 22.6 Å². The van der Waals surface area contributed by atoms with Crippen molar-refractivity contribution in [2.24, 2.45) is 0 Å². The largest absolute Gasteiger partial charge is 0.488 e. The maximum atomic E-state index is 12.1. The number of ether oxygens (including phenoxy) is 2. The number of methoxy groups -OCH3 is 1. The predicted octanol–water partition coefficient (Wildman–Crippen LogP) is 2.15. The van der Waals surface area contributed by atoms with E-state index in [9.17, 15) is 13.2 Å². The van der Waals surface area contributed by atoms with Gasteiger partial charge in [-0.25, -0.2) is 14.5 Å². The second-order valence-corrected chi connectivity index (χ2v) is 7.40. The number of hydrogen-bond donors (Lipinski definition) is 2. The third kappa shape index (κ3) is 6.88. The molecular weight excluding hydrogens is 515 g/mol. The molecule has 0 saturated heterocycles. The average Bonchev–Trinajstić information content (AvgIpc) is 2.59. The summed E-state index contributed by atoms with van der Waals surface area (Å²) in [6.07, 6.45) is 0. The number of carbonyl (C=O) groups excluding carboxylic acids is 1. The summed E-state index contributed by atoms with van der Waals surface area (Å²) in [5.74, 6) is 0.331. The van der Waals surface area contributed by atoms with Crippen LogP contribution in [0.5, 0.6) is 17.4 Å². The van der Waals surface area contributed by atoms with Crippen LogP contribution in [0.1, 0.15) is 0 Å². The summed E-state index contributed by atoms with van der Waals surface area (Å²) in [5, 5.41) is 2.18. The number of anilines is 1. The maximum Gasteiger partial charge on any atom is 0.411 e. The second kappa shape index (κ2) is 9.75. The van der Waals surface area contributed by atoms with Crippen LogP contribution in [0.15, 0.2) is 30.3 Å². The number of aromatic nitrogens is 2. The SMILES string of the molecule is COc1cc(I)nc(NC(=O)NS(=O)(=O)Oc2ccccc2OCCCl)n1. The lowest BCUT2D eigenvalue weighted by Crippen LogP contribution is -2.37. The van der Waals surface area contributed by atoms with E-state index >= 15 is 0 Å². The number of urea groups is 1. The quantitative estimate of drug-likeness (QED) is 0.303. The fourth-order valence-electron chi connectivity index (χ4n) is 1.72. The smallest absolute Gasteiger partial charge is 0.411 e. The molecule has 0 aliphatic carbocycles. The van der Waals surface area contributed by atoms with Crippen molar-refractivity contribution in [1.82, 2.24) is 14.7 Å². The zero-order valence-corrected chi connectivity index (χ0v) is 17.5. The molecule has 2 aromatic rings. The summed E-state index contributed by atoms with van der Waals surface area (Å²) in [6.45, 7) is 0.154. The highest BCUT2D eigenvalue weighted by Gasteiger charge is 2.20. The Morgan fingerprint density at radius 1 is 1.26 bits per heavy atom. The van der Waals surface area contributed by atoms with Gasteiger partial charge in [0.05, 0.1) is 13.0 Å². The van der Waals surface area contributed by atoms with Gasteiger partial charge in [-0.05, 0) is 34.7 Å². The van der Waals surface area contributed by atoms with Crippen LogP contribution in [0, 0.1) is 3.70 Å². The van der Waals surface area contributed by atoms with Crippen molar-refractivity contribution < 1.29 is 26.9 Å². The number of nitrogens with zero attached hydrogens (tertiary/aromatic N) is 2. The van der Waals surface area contributed by atoms with Gasteiger partial charge in [0.1, 0.15) is 10.3 Å². The van der Waals surface area contributed by atoms with E-state index in [1.165, 1.54) is 25.3 Å². The van der Waals surface area contributed by atoms with Crippen LogP contribution in [0.3, 0.4) is 0 Å². The molecule has 0 fully saturated rings. The first-order valence-electron chi connectivity index (χ1n) is 7.22. The Balaban J connectivity index is 2.06. The molecule has 1 heterocycles. The lowest BCUT2D eigenvalue weighted by Gasteiger charge is -2.12. The van der Waals surface area contributed by atoms with E-state index < -0.39 is 16.3 Å². The zero-order valence-electron chi connectivity index (χ0n) is 13.8. The van der Waals surface area contributed by atoms with Crippen molar-refractivity contribution in [3.63, 3.8) is 0 Å². The van der Waals surface area contributed by atoms with Crippen molar-refractivity contribution in [3.8, 4) is 17.4 Å². The lowest BCUT2D eigenvalue weighted by molar-refractivity contribution is 0.255. The lowest BCUT2D eigenvalue weighted by atomic mass is 10.3. The first kappa shape index (κ1) is 21.2. The van der Waals surface area contributed by atoms with Gasteiger partial charge in [-0.1, -0.05) is 12.1 Å². The summed E-state index contributed by atoms with van der Waals surface area (Å²) in [4.78, 5) is 19.7. The Morgan fingerprint density at radius 2 is 1.96 bits per heavy atom. The molecule has 2 amide bonds. The van der Waals surface area contributed by atoms with Crippen molar-refractivity contribution in [2.75, 3.05) is 24.9 Å². The van der Waals surface area contributed by atoms with E-state index in [1.54, 1.807) is 16.9 Å². The van der Waals surface area contributed by atoms with Gasteiger partial charge < -0.3 is 13.7 Å². The molecular formula is C14H14ClIN4O6S. The fourth-order valence-corrected chi connectivity index (χ4v) is 2.99. The number of hydrogen-bond acceptors (Lipinski definition) is 8. The Hall–Kier alpha value is -2.06. The molecule has 1 aromatic heterocycles. The number of amides is 2. The summed E-state index contributed by atoms with van der Waals surface area (Å²) in [7, 11) is -3.10. The van der Waals surface area contributed by atoms with Crippen LogP contribution >= 0.6 is 34.2 Å². The number of para-hydroxylation sites is 2. The third-order valence-electron chi connectivity index (χ3n) is 2.71. The number of halogens is 2. The average molecular weight is 529 g/mol. The van der Waals surface area contributed by atoms with E-state index in [4.69, 9.17) is 25.3 Å². The molecule has 1 aromatic carbocycles. The first-order chi connectivity index (χ1) is 12.8. The molecule has 0 aliphatic heterocycles. The molecule has 0 unspecified atom stereocenters. The van der Waals surface area contributed by atoms with Crippen LogP contribution in [0.2, 0.25) is 0 Å². The van der Waals surface area contributed by atoms with Crippen molar-refractivity contribution >= 4 is 56.5 Å². The molecule has 0 saturated carbocycles. The molecule has 10 nitrogen and oxygen atoms in total. The third-order valence-corrected chi connectivity index (χ3v) is 4.25. The van der Waals surface area contributed by atoms with Crippen LogP contribution < -0.4 is 23.7 Å². The van der Waals surface area contributed by atoms with Crippen molar-refractivity contribution in [1.29, 1.82) is 0 Å². The molecule has 13 heteroatoms. The van der Waals surface area contributed by atoms with Crippen LogP contribution in [0.25, 0.3) is 0 Å². The van der Waals surface area contributed by atoms with Gasteiger partial charge in [0.15, 0.2) is 11.5 Å². The standard InChI is InChI=1S/C14H14ClIN4O6S/c1-24-12-8-11(16)17-13(18-12)19-14(21)20-27(22,23)26-10-5-3-2-4-9(10)25-7-6-15/h2-5,8H,6-7H2,1H3,(H2,17,18,19,20,21). The Labute approximate surface area is 174 Å². The number of nitrogens with one attached hydrogen (secondary N) is 2. The van der Waals surface area contributed by atoms with Crippen molar-refractivity contribution in [3.05, 3.63) is 34.0 Å². The number of alkyl halides is 1. The molecule has 2 rings (SSSR count). The molecule has 0 atom stereocenters. The highest BCUT2D eigenvalue weighted by atomic mass is 127. The van der Waals surface area contributed by atoms with Crippen LogP contribution in [-0.2, 0) is 10.3 Å². The van der Waals surface area contributed by atoms with Gasteiger partial charge in [-0.3, -0.25) is 5.32 Å². The minimum absolute atomic E-state index is 0.102. The van der Waals surface area contributed by atoms with E-state index in [2.05, 4.69) is 15.3 Å². The predicted molar refractivity (Wildman–Crippen MR) is 106 cm³/mol. The van der Waals surface area contributed by atoms with Crippen LogP contribution in [-0.4, -0.2) is 44.0 Å². The normalized spacial score (nSPS) is 10.8. The molecule has 0 radical (unpaired) electrons. The summed E-state index contributed by atoms with van der Waals surface area (Å²) < 4.78 is 41.4. The fraction of sp³-hybridized carbons (Fsp3) is 0.214. The van der Waals surface area contributed by atoms with Gasteiger partial charge >= 0.3 is 16.3 Å². The number of carbonyl (C=O) groups is 1. The van der Waals surface area contributed by atoms with E-state index in [0.717, 1.165) is 0 Å². The summed E-state index contributed by atoms with van der Waals surface area (Å²) >= 11 is 7.43. The minimum Gasteiger partial charge on any atom is -0.488 e. The molecule has 27 heavy (non-hydrogen) atoms. The van der Waals surface area contributed by atoms with Gasteiger partial charge in [0, 0.05) is 6.07 Å². The Morgan fingerprint density at radius 3 is 2.63 bits per heavy atom. The van der Waals surface area contributed by atoms with E-state index in [-0.39, 0.29) is 35.8 Å². The minimum atomic E-state index is -4.49. The molecule has 2 N–H and O–H groups in total. The monoisotopic (exact) mass is 528 g/mol. The molecule has 0 bridgehead atoms. The molecule has 146 valence electrons. The van der Waals surface area contributed by atoms with E-state index in [0.29, 0.717) is 3.70 Å². The van der Waals surface area contributed by atoms with Crippen LogP contribution in [0.4, 0.5) is 10.7 Å². The number of benzene rings is 1. The topological polar surface area (TPSA) is 129 Å². The first-order valence-corrected chi connectivity index (χ1v) is 10.2. The molecule has 0 spiro atoms. The van der Waals surface area contributed by atoms with Crippen molar-refractivity contribution in [2.45, 2.75) is 0 Å². The van der Waals surface area contributed by atoms with Gasteiger partial charge in [-0.15, -0.1) is 11.6 Å². The molecule has 0 aliphatic rings. The summed E-state index contributed by atoms with van der Waals surface area (Å²) in [5.41, 5.74) is 0. The maximum absolute atomic E-state index is 12.1. The zero-order chi connectivity index (χ0) is 19.9. The highest BCUT2D eigenvalue weighted by Crippen LogP contribution is 2.27. The second-order valence-electron chi connectivity index (χ2n) is 4.63. The highest BCUT2D eigenvalue weighted by molar-refractivity contribution is 14.1. The summed E-state index contributed by atoms with van der Waals surface area (Å²) in [6, 6.07) is 6.47.